The number of hydrogen-bond acceptors (Lipinski definition) is 16. The maximum atomic E-state index is 12.3. The summed E-state index contributed by atoms with van der Waals surface area (Å²) >= 11 is 24.4. The number of benzene rings is 2. The molecule has 0 aliphatic heterocycles. The molecule has 0 radical (unpaired) electrons. The number of aromatic nitrogens is 6. The van der Waals surface area contributed by atoms with Gasteiger partial charge in [-0.2, -0.15) is 10.2 Å². The van der Waals surface area contributed by atoms with Crippen LogP contribution in [0.5, 0.6) is 0 Å². The smallest absolute Gasteiger partial charge is 0.465 e. The van der Waals surface area contributed by atoms with Crippen molar-refractivity contribution in [3.05, 3.63) is 103 Å². The Morgan fingerprint density at radius 1 is 0.594 bits per heavy atom. The zero-order chi connectivity index (χ0) is 47.6. The van der Waals surface area contributed by atoms with Gasteiger partial charge in [0.1, 0.15) is 22.8 Å². The summed E-state index contributed by atoms with van der Waals surface area (Å²) in [5, 5.41) is 9.79. The first-order chi connectivity index (χ1) is 29.4. The van der Waals surface area contributed by atoms with Crippen LogP contribution in [0.3, 0.4) is 0 Å². The Kier molecular flexibility index (Phi) is 21.6. The predicted molar refractivity (Wildman–Crippen MR) is 241 cm³/mol. The second-order valence-corrected chi connectivity index (χ2v) is 18.7. The van der Waals surface area contributed by atoms with E-state index in [0.717, 1.165) is 0 Å². The minimum Gasteiger partial charge on any atom is -0.465 e. The number of nitrogens with zero attached hydrogens (tertiary/aromatic N) is 6. The van der Waals surface area contributed by atoms with Gasteiger partial charge in [0.05, 0.1) is 37.7 Å². The van der Waals surface area contributed by atoms with Crippen LogP contribution in [-0.2, 0) is 67.2 Å². The third-order valence-electron chi connectivity index (χ3n) is 8.28. The Bertz CT molecular complexity index is 2780. The third-order valence-corrected chi connectivity index (χ3v) is 10.7. The molecule has 0 bridgehead atoms. The van der Waals surface area contributed by atoms with E-state index in [1.165, 1.54) is 51.0 Å². The molecule has 6 rings (SSSR count). The Labute approximate surface area is 405 Å². The maximum absolute atomic E-state index is 12.3. The third kappa shape index (κ3) is 14.3. The van der Waals surface area contributed by atoms with Crippen molar-refractivity contribution in [3.8, 4) is 22.5 Å². The molecule has 4 heterocycles. The number of carbonyl (C=O) groups excluding carboxylic acids is 4. The molecule has 4 aromatic heterocycles. The molecule has 0 unspecified atom stereocenters. The van der Waals surface area contributed by atoms with Crippen LogP contribution in [0.1, 0.15) is 109 Å². The molecule has 2 aromatic carbocycles. The normalized spacial score (nSPS) is 10.8. The number of rotatable bonds is 9. The van der Waals surface area contributed by atoms with Crippen LogP contribution in [0.4, 0.5) is 0 Å². The molecule has 23 heteroatoms. The van der Waals surface area contributed by atoms with E-state index in [9.17, 15) is 36.0 Å². The molecule has 0 saturated carbocycles. The summed E-state index contributed by atoms with van der Waals surface area (Å²) in [6.45, 7) is 13.2. The molecule has 6 aromatic rings. The van der Waals surface area contributed by atoms with Gasteiger partial charge in [0.15, 0.2) is 22.9 Å². The molecular formula is C41H42Cl4N6O10S2Zn. The van der Waals surface area contributed by atoms with E-state index in [1.807, 2.05) is 13.8 Å². The van der Waals surface area contributed by atoms with Crippen LogP contribution in [0, 0.1) is 0 Å². The Hall–Kier alpha value is -4.36. The van der Waals surface area contributed by atoms with Gasteiger partial charge in [0.25, 0.3) is 0 Å². The predicted octanol–water partition coefficient (Wildman–Crippen LogP) is 9.91. The van der Waals surface area contributed by atoms with E-state index in [-0.39, 0.29) is 64.4 Å². The molecule has 0 amide bonds. The summed E-state index contributed by atoms with van der Waals surface area (Å²) in [6, 6.07) is 11.4. The number of fused-ring (bicyclic) bond motifs is 2. The van der Waals surface area contributed by atoms with Gasteiger partial charge in [-0.15, -0.1) is 0 Å². The van der Waals surface area contributed by atoms with Gasteiger partial charge >= 0.3 is 31.4 Å². The van der Waals surface area contributed by atoms with Crippen LogP contribution in [0.15, 0.2) is 54.9 Å². The number of hydrogen-bond donors (Lipinski definition) is 0. The molecule has 0 aliphatic rings. The van der Waals surface area contributed by atoms with Gasteiger partial charge in [-0.05, 0) is 48.4 Å². The standard InChI is InChI=1S/C19H17Cl2N3O3.C16H11Cl2N3O3.2C3H7O2S.Zn/c1-9(2)15-14(19(26)27-4)8-22-24-17(16(10(3)25)23-18(15)24)11-5-12(20)7-13(21)6-11;1-8(22)14-15(9-3-11(17)6-12(18)4-9)21-13(20-14)5-10(7-19-21)16(23)24-2;2*1-3(2)6(4)5;/h5-9H,1-4H3;3-7H,1-2H3;2*3H,1-2H3;/q;;2*-1;+2. The first kappa shape index (κ1) is 55.8. The fourth-order valence-electron chi connectivity index (χ4n) is 5.40. The van der Waals surface area contributed by atoms with E-state index in [2.05, 4.69) is 24.9 Å². The van der Waals surface area contributed by atoms with Crippen LogP contribution in [-0.4, -0.2) is 77.4 Å². The number of ketones is 2. The van der Waals surface area contributed by atoms with E-state index in [0.29, 0.717) is 65.0 Å². The van der Waals surface area contributed by atoms with Crippen molar-refractivity contribution < 1.29 is 65.0 Å². The summed E-state index contributed by atoms with van der Waals surface area (Å²) in [4.78, 5) is 56.9. The van der Waals surface area contributed by atoms with E-state index < -0.39 is 33.3 Å². The van der Waals surface area contributed by atoms with Crippen LogP contribution < -0.4 is 0 Å². The van der Waals surface area contributed by atoms with Gasteiger partial charge in [0.2, 0.25) is 0 Å². The van der Waals surface area contributed by atoms with Crippen molar-refractivity contribution in [3.63, 3.8) is 0 Å². The van der Waals surface area contributed by atoms with Crippen LogP contribution >= 0.6 is 46.4 Å². The van der Waals surface area contributed by atoms with Gasteiger partial charge in [-0.1, -0.05) is 120 Å². The van der Waals surface area contributed by atoms with E-state index in [1.54, 1.807) is 68.6 Å². The topological polar surface area (TPSA) is 215 Å². The average molecular weight is 1050 g/mol. The Morgan fingerprint density at radius 3 is 1.36 bits per heavy atom. The van der Waals surface area contributed by atoms with Crippen LogP contribution in [0.2, 0.25) is 20.1 Å². The van der Waals surface area contributed by atoms with Crippen molar-refractivity contribution >= 4 is 103 Å². The van der Waals surface area contributed by atoms with E-state index >= 15 is 0 Å². The number of ether oxygens (including phenoxy) is 2. The molecule has 338 valence electrons. The first-order valence-corrected chi connectivity index (χ1v) is 22.3. The number of Topliss-reactive ketones (excluding diaryl/α,β-unsaturated/α-hetero) is 2. The zero-order valence-electron chi connectivity index (χ0n) is 36.2. The van der Waals surface area contributed by atoms with Gasteiger partial charge in [0, 0.05) is 50.6 Å². The maximum Gasteiger partial charge on any atom is 2.00 e. The van der Waals surface area contributed by atoms with Crippen LogP contribution in [0.25, 0.3) is 33.8 Å². The molecule has 64 heavy (non-hydrogen) atoms. The summed E-state index contributed by atoms with van der Waals surface area (Å²) in [7, 11) is -1.15. The van der Waals surface area contributed by atoms with Crippen molar-refractivity contribution in [1.29, 1.82) is 0 Å². The van der Waals surface area contributed by atoms with Gasteiger partial charge < -0.3 is 26.3 Å². The molecule has 0 N–H and O–H groups in total. The molecule has 0 saturated heterocycles. The molecule has 16 nitrogen and oxygen atoms in total. The zero-order valence-corrected chi connectivity index (χ0v) is 43.9. The largest absolute Gasteiger partial charge is 2.00 e. The van der Waals surface area contributed by atoms with Gasteiger partial charge in [-0.25, -0.2) is 28.6 Å². The molecular weight excluding hydrogens is 1010 g/mol. The Morgan fingerprint density at radius 2 is 0.984 bits per heavy atom. The first-order valence-electron chi connectivity index (χ1n) is 18.5. The number of methoxy groups -OCH3 is 2. The monoisotopic (exact) mass is 1050 g/mol. The summed E-state index contributed by atoms with van der Waals surface area (Å²) in [6.07, 6.45) is 2.77. The van der Waals surface area contributed by atoms with Crippen molar-refractivity contribution in [2.45, 2.75) is 71.8 Å². The van der Waals surface area contributed by atoms with Crippen molar-refractivity contribution in [1.82, 2.24) is 29.2 Å². The number of esters is 2. The molecule has 0 spiro atoms. The Balaban J connectivity index is 0.000000348. The summed E-state index contributed by atoms with van der Waals surface area (Å²) < 4.78 is 51.3. The number of carbonyl (C=O) groups is 4. The molecule has 0 atom stereocenters. The minimum atomic E-state index is -1.87. The fraction of sp³-hybridized carbons (Fsp3) is 0.317. The van der Waals surface area contributed by atoms with Crippen molar-refractivity contribution in [2.75, 3.05) is 14.2 Å². The minimum absolute atomic E-state index is 0. The fourth-order valence-corrected chi connectivity index (χ4v) is 6.45. The summed E-state index contributed by atoms with van der Waals surface area (Å²) in [5.74, 6) is -1.58. The summed E-state index contributed by atoms with van der Waals surface area (Å²) in [5.41, 5.74) is 4.54. The van der Waals surface area contributed by atoms with E-state index in [4.69, 9.17) is 51.1 Å². The molecule has 0 aliphatic carbocycles. The second kappa shape index (κ2) is 24.8. The number of imidazole rings is 2. The van der Waals surface area contributed by atoms with Gasteiger partial charge in [-0.3, -0.25) is 9.59 Å². The molecule has 0 fully saturated rings. The van der Waals surface area contributed by atoms with Crippen molar-refractivity contribution in [2.24, 2.45) is 0 Å². The SMILES string of the molecule is CC(C)[S-](=O)=O.CC(C)[S-](=O)=O.COC(=O)c1cnn2c(-c3cc(Cl)cc(Cl)c3)c(C(C)=O)nc2c1.COC(=O)c1cnn2c(-c3cc(Cl)cc(Cl)c3)c(C(C)=O)nc2c1C(C)C.[Zn+2]. The average Bonchev–Trinajstić information content (AvgIpc) is 3.79. The second-order valence-electron chi connectivity index (χ2n) is 14.0. The quantitative estimate of drug-likeness (QED) is 0.0570. The number of halogens is 4.